The van der Waals surface area contributed by atoms with E-state index in [2.05, 4.69) is 0 Å². The van der Waals surface area contributed by atoms with Crippen molar-refractivity contribution in [1.82, 2.24) is 4.90 Å². The third kappa shape index (κ3) is 1.75. The van der Waals surface area contributed by atoms with Crippen LogP contribution in [0.15, 0.2) is 24.3 Å². The number of hydrogen-bond acceptors (Lipinski definition) is 2. The summed E-state index contributed by atoms with van der Waals surface area (Å²) in [7, 11) is 0. The molecule has 3 heteroatoms. The van der Waals surface area contributed by atoms with Gasteiger partial charge in [0.1, 0.15) is 0 Å². The van der Waals surface area contributed by atoms with Crippen molar-refractivity contribution in [3.63, 3.8) is 0 Å². The SMILES string of the molecule is C[C@H](CO)N1CCc2ccccc2C1=O. The Morgan fingerprint density at radius 2 is 2.20 bits per heavy atom. The lowest BCUT2D eigenvalue weighted by Crippen LogP contribution is -2.44. The number of aliphatic hydroxyl groups is 1. The van der Waals surface area contributed by atoms with E-state index in [9.17, 15) is 4.79 Å². The van der Waals surface area contributed by atoms with E-state index in [1.165, 1.54) is 0 Å². The van der Waals surface area contributed by atoms with E-state index in [0.29, 0.717) is 6.54 Å². The van der Waals surface area contributed by atoms with E-state index in [-0.39, 0.29) is 18.6 Å². The first kappa shape index (κ1) is 10.2. The first-order chi connectivity index (χ1) is 7.24. The maximum Gasteiger partial charge on any atom is 0.254 e. The average molecular weight is 205 g/mol. The highest BCUT2D eigenvalue weighted by Crippen LogP contribution is 2.19. The summed E-state index contributed by atoms with van der Waals surface area (Å²) in [6.45, 7) is 2.59. The summed E-state index contributed by atoms with van der Waals surface area (Å²) in [5.41, 5.74) is 1.90. The lowest BCUT2D eigenvalue weighted by Gasteiger charge is -2.32. The molecule has 0 aromatic heterocycles. The number of amides is 1. The Morgan fingerprint density at radius 3 is 2.93 bits per heavy atom. The van der Waals surface area contributed by atoms with Crippen molar-refractivity contribution in [2.45, 2.75) is 19.4 Å². The van der Waals surface area contributed by atoms with Crippen LogP contribution in [-0.2, 0) is 6.42 Å². The summed E-state index contributed by atoms with van der Waals surface area (Å²) in [6, 6.07) is 7.59. The molecular weight excluding hydrogens is 190 g/mol. The van der Waals surface area contributed by atoms with Gasteiger partial charge in [-0.3, -0.25) is 4.79 Å². The van der Waals surface area contributed by atoms with Crippen LogP contribution >= 0.6 is 0 Å². The molecule has 1 atom stereocenters. The topological polar surface area (TPSA) is 40.5 Å². The van der Waals surface area contributed by atoms with Crippen LogP contribution < -0.4 is 0 Å². The molecule has 1 aromatic rings. The molecule has 1 aliphatic heterocycles. The Balaban J connectivity index is 2.30. The molecule has 80 valence electrons. The number of benzene rings is 1. The Morgan fingerprint density at radius 1 is 1.47 bits per heavy atom. The number of rotatable bonds is 2. The molecule has 1 amide bonds. The summed E-state index contributed by atoms with van der Waals surface area (Å²) < 4.78 is 0. The molecule has 0 radical (unpaired) electrons. The second-order valence-electron chi connectivity index (χ2n) is 3.94. The largest absolute Gasteiger partial charge is 0.394 e. The van der Waals surface area contributed by atoms with Crippen molar-refractivity contribution in [3.05, 3.63) is 35.4 Å². The number of nitrogens with zero attached hydrogens (tertiary/aromatic N) is 1. The molecule has 1 heterocycles. The second kappa shape index (κ2) is 4.03. The molecule has 0 bridgehead atoms. The monoisotopic (exact) mass is 205 g/mol. The van der Waals surface area contributed by atoms with Crippen molar-refractivity contribution in [2.75, 3.05) is 13.2 Å². The predicted molar refractivity (Wildman–Crippen MR) is 57.7 cm³/mol. The zero-order chi connectivity index (χ0) is 10.8. The van der Waals surface area contributed by atoms with Crippen LogP contribution in [-0.4, -0.2) is 35.1 Å². The third-order valence-electron chi connectivity index (χ3n) is 2.93. The van der Waals surface area contributed by atoms with Crippen molar-refractivity contribution in [2.24, 2.45) is 0 Å². The van der Waals surface area contributed by atoms with Crippen LogP contribution in [0, 0.1) is 0 Å². The van der Waals surface area contributed by atoms with E-state index >= 15 is 0 Å². The molecule has 0 saturated heterocycles. The maximum atomic E-state index is 12.0. The molecular formula is C12H15NO2. The van der Waals surface area contributed by atoms with Gasteiger partial charge in [0.25, 0.3) is 5.91 Å². The molecule has 1 N–H and O–H groups in total. The smallest absolute Gasteiger partial charge is 0.254 e. The highest BCUT2D eigenvalue weighted by atomic mass is 16.3. The van der Waals surface area contributed by atoms with Gasteiger partial charge in [-0.15, -0.1) is 0 Å². The van der Waals surface area contributed by atoms with Gasteiger partial charge in [-0.05, 0) is 25.0 Å². The van der Waals surface area contributed by atoms with E-state index in [1.807, 2.05) is 31.2 Å². The van der Waals surface area contributed by atoms with Gasteiger partial charge < -0.3 is 10.0 Å². The average Bonchev–Trinajstić information content (AvgIpc) is 2.29. The lowest BCUT2D eigenvalue weighted by atomic mass is 9.98. The zero-order valence-corrected chi connectivity index (χ0v) is 8.81. The standard InChI is InChI=1S/C12H15NO2/c1-9(8-14)13-7-6-10-4-2-3-5-11(10)12(13)15/h2-5,9,14H,6-8H2,1H3/t9-/m1/s1. The van der Waals surface area contributed by atoms with Gasteiger partial charge in [-0.25, -0.2) is 0 Å². The van der Waals surface area contributed by atoms with Gasteiger partial charge in [0.05, 0.1) is 12.6 Å². The molecule has 2 rings (SSSR count). The molecule has 0 fully saturated rings. The van der Waals surface area contributed by atoms with Gasteiger partial charge in [0.15, 0.2) is 0 Å². The first-order valence-corrected chi connectivity index (χ1v) is 5.23. The Hall–Kier alpha value is -1.35. The zero-order valence-electron chi connectivity index (χ0n) is 8.81. The minimum Gasteiger partial charge on any atom is -0.394 e. The van der Waals surface area contributed by atoms with Crippen molar-refractivity contribution >= 4 is 5.91 Å². The quantitative estimate of drug-likeness (QED) is 0.784. The summed E-state index contributed by atoms with van der Waals surface area (Å²) in [6.07, 6.45) is 0.881. The van der Waals surface area contributed by atoms with Crippen LogP contribution in [0.1, 0.15) is 22.8 Å². The highest BCUT2D eigenvalue weighted by Gasteiger charge is 2.26. The fourth-order valence-corrected chi connectivity index (χ4v) is 1.96. The van der Waals surface area contributed by atoms with Crippen molar-refractivity contribution < 1.29 is 9.90 Å². The molecule has 3 nitrogen and oxygen atoms in total. The molecule has 0 aliphatic carbocycles. The lowest BCUT2D eigenvalue weighted by molar-refractivity contribution is 0.0600. The summed E-state index contributed by atoms with van der Waals surface area (Å²) in [5.74, 6) is 0.0402. The number of carbonyl (C=O) groups excluding carboxylic acids is 1. The normalized spacial score (nSPS) is 17.5. The maximum absolute atomic E-state index is 12.0. The molecule has 0 unspecified atom stereocenters. The summed E-state index contributed by atoms with van der Waals surface area (Å²) in [4.78, 5) is 13.8. The van der Waals surface area contributed by atoms with Crippen molar-refractivity contribution in [1.29, 1.82) is 0 Å². The van der Waals surface area contributed by atoms with E-state index in [1.54, 1.807) is 4.90 Å². The van der Waals surface area contributed by atoms with E-state index in [0.717, 1.165) is 17.5 Å². The fourth-order valence-electron chi connectivity index (χ4n) is 1.96. The minimum absolute atomic E-state index is 0.0217. The van der Waals surface area contributed by atoms with Gasteiger partial charge >= 0.3 is 0 Å². The van der Waals surface area contributed by atoms with Crippen LogP contribution in [0.25, 0.3) is 0 Å². The molecule has 1 aromatic carbocycles. The van der Waals surface area contributed by atoms with E-state index in [4.69, 9.17) is 5.11 Å². The Labute approximate surface area is 89.3 Å². The molecule has 0 spiro atoms. The second-order valence-corrected chi connectivity index (χ2v) is 3.94. The predicted octanol–water partition coefficient (Wildman–Crippen LogP) is 1.07. The van der Waals surface area contributed by atoms with Crippen LogP contribution in [0.3, 0.4) is 0 Å². The van der Waals surface area contributed by atoms with Gasteiger partial charge in [-0.2, -0.15) is 0 Å². The minimum atomic E-state index is -0.0918. The van der Waals surface area contributed by atoms with Crippen LogP contribution in [0.2, 0.25) is 0 Å². The van der Waals surface area contributed by atoms with E-state index < -0.39 is 0 Å². The van der Waals surface area contributed by atoms with Gasteiger partial charge in [0.2, 0.25) is 0 Å². The number of hydrogen-bond donors (Lipinski definition) is 1. The summed E-state index contributed by atoms with van der Waals surface area (Å²) >= 11 is 0. The Bertz CT molecular complexity index is 376. The summed E-state index contributed by atoms with van der Waals surface area (Å²) in [5, 5.41) is 9.06. The Kier molecular flexibility index (Phi) is 2.73. The van der Waals surface area contributed by atoms with Crippen LogP contribution in [0.5, 0.6) is 0 Å². The fraction of sp³-hybridized carbons (Fsp3) is 0.417. The molecule has 0 saturated carbocycles. The number of carbonyl (C=O) groups is 1. The van der Waals surface area contributed by atoms with Crippen molar-refractivity contribution in [3.8, 4) is 0 Å². The number of fused-ring (bicyclic) bond motifs is 1. The highest BCUT2D eigenvalue weighted by molar-refractivity contribution is 5.96. The van der Waals surface area contributed by atoms with Crippen LogP contribution in [0.4, 0.5) is 0 Å². The van der Waals surface area contributed by atoms with Gasteiger partial charge in [-0.1, -0.05) is 18.2 Å². The number of aliphatic hydroxyl groups excluding tert-OH is 1. The molecule has 15 heavy (non-hydrogen) atoms. The first-order valence-electron chi connectivity index (χ1n) is 5.23. The van der Waals surface area contributed by atoms with Gasteiger partial charge in [0, 0.05) is 12.1 Å². The molecule has 1 aliphatic rings. The third-order valence-corrected chi connectivity index (χ3v) is 2.93.